The predicted molar refractivity (Wildman–Crippen MR) is 86.3 cm³/mol. The molecule has 20 heavy (non-hydrogen) atoms. The highest BCUT2D eigenvalue weighted by molar-refractivity contribution is 5.57. The van der Waals surface area contributed by atoms with Gasteiger partial charge in [-0.25, -0.2) is 9.97 Å². The summed E-state index contributed by atoms with van der Waals surface area (Å²) in [6, 6.07) is 0.378. The quantitative estimate of drug-likeness (QED) is 0.865. The fraction of sp³-hybridized carbons (Fsp3) is 0.733. The lowest BCUT2D eigenvalue weighted by Crippen LogP contribution is -2.41. The molecule has 5 nitrogen and oxygen atoms in total. The van der Waals surface area contributed by atoms with E-state index in [0.717, 1.165) is 30.3 Å². The Morgan fingerprint density at radius 2 is 1.75 bits per heavy atom. The van der Waals surface area contributed by atoms with E-state index in [1.54, 1.807) is 0 Å². The Bertz CT molecular complexity index is 442. The first-order valence-electron chi connectivity index (χ1n) is 7.33. The van der Waals surface area contributed by atoms with Gasteiger partial charge in [-0.3, -0.25) is 0 Å². The van der Waals surface area contributed by atoms with E-state index in [1.165, 1.54) is 0 Å². The maximum Gasteiger partial charge on any atom is 0.137 e. The molecule has 5 heteroatoms. The summed E-state index contributed by atoms with van der Waals surface area (Å²) in [5.41, 5.74) is 7.04. The number of rotatable bonds is 6. The molecule has 114 valence electrons. The zero-order valence-electron chi connectivity index (χ0n) is 13.9. The van der Waals surface area contributed by atoms with Gasteiger partial charge in [-0.2, -0.15) is 0 Å². The average molecular weight is 279 g/mol. The molecule has 0 saturated heterocycles. The third-order valence-corrected chi connectivity index (χ3v) is 3.47. The highest BCUT2D eigenvalue weighted by atomic mass is 15.2. The summed E-state index contributed by atoms with van der Waals surface area (Å²) in [7, 11) is 4.18. The second-order valence-corrected chi connectivity index (χ2v) is 5.97. The van der Waals surface area contributed by atoms with Crippen LogP contribution in [0.5, 0.6) is 0 Å². The van der Waals surface area contributed by atoms with Crippen LogP contribution in [-0.4, -0.2) is 48.1 Å². The first-order valence-corrected chi connectivity index (χ1v) is 7.33. The molecule has 0 spiro atoms. The van der Waals surface area contributed by atoms with Crippen LogP contribution < -0.4 is 10.6 Å². The summed E-state index contributed by atoms with van der Waals surface area (Å²) < 4.78 is 0. The van der Waals surface area contributed by atoms with Gasteiger partial charge in [-0.15, -0.1) is 0 Å². The first-order chi connectivity index (χ1) is 9.27. The van der Waals surface area contributed by atoms with E-state index in [1.807, 2.05) is 6.92 Å². The minimum atomic E-state index is 0.277. The standard InChI is InChI=1S/C15H29N5/c1-8-20(11(4)9-19(6)7)15-12(5)13(16)17-14(18-15)10(2)3/h10-11H,8-9H2,1-7H3,(H2,16,17,18). The van der Waals surface area contributed by atoms with Crippen molar-refractivity contribution in [3.8, 4) is 0 Å². The Morgan fingerprint density at radius 3 is 2.20 bits per heavy atom. The van der Waals surface area contributed by atoms with Gasteiger partial charge in [0.1, 0.15) is 17.5 Å². The highest BCUT2D eigenvalue weighted by Gasteiger charge is 2.20. The smallest absolute Gasteiger partial charge is 0.137 e. The third kappa shape index (κ3) is 3.82. The number of nitrogens with zero attached hydrogens (tertiary/aromatic N) is 4. The van der Waals surface area contributed by atoms with Crippen LogP contribution in [0.4, 0.5) is 11.6 Å². The van der Waals surface area contributed by atoms with Crippen LogP contribution in [0.1, 0.15) is 45.0 Å². The van der Waals surface area contributed by atoms with E-state index in [-0.39, 0.29) is 5.92 Å². The molecule has 1 heterocycles. The maximum atomic E-state index is 6.06. The lowest BCUT2D eigenvalue weighted by atomic mass is 10.1. The van der Waals surface area contributed by atoms with Crippen LogP contribution in [0.2, 0.25) is 0 Å². The number of hydrogen-bond acceptors (Lipinski definition) is 5. The summed E-state index contributed by atoms with van der Waals surface area (Å²) in [5.74, 6) is 2.66. The van der Waals surface area contributed by atoms with E-state index in [2.05, 4.69) is 56.6 Å². The van der Waals surface area contributed by atoms with Gasteiger partial charge >= 0.3 is 0 Å². The number of hydrogen-bond donors (Lipinski definition) is 1. The molecule has 1 aromatic heterocycles. The summed E-state index contributed by atoms with van der Waals surface area (Å²) in [4.78, 5) is 13.6. The molecule has 1 atom stereocenters. The van der Waals surface area contributed by atoms with Crippen LogP contribution in [0.3, 0.4) is 0 Å². The van der Waals surface area contributed by atoms with Crippen molar-refractivity contribution in [2.24, 2.45) is 0 Å². The van der Waals surface area contributed by atoms with Crippen molar-refractivity contribution >= 4 is 11.6 Å². The normalized spacial score (nSPS) is 13.1. The summed E-state index contributed by atoms with van der Waals surface area (Å²) >= 11 is 0. The molecule has 0 saturated carbocycles. The molecule has 0 bridgehead atoms. The minimum absolute atomic E-state index is 0.277. The monoisotopic (exact) mass is 279 g/mol. The van der Waals surface area contributed by atoms with E-state index >= 15 is 0 Å². The van der Waals surface area contributed by atoms with Gasteiger partial charge in [-0.05, 0) is 34.9 Å². The molecule has 0 radical (unpaired) electrons. The van der Waals surface area contributed by atoms with Crippen molar-refractivity contribution in [3.05, 3.63) is 11.4 Å². The third-order valence-electron chi connectivity index (χ3n) is 3.47. The SMILES string of the molecule is CCN(c1nc(C(C)C)nc(N)c1C)C(C)CN(C)C. The Labute approximate surface area is 123 Å². The van der Waals surface area contributed by atoms with Gasteiger partial charge in [0.15, 0.2) is 0 Å². The second-order valence-electron chi connectivity index (χ2n) is 5.97. The number of nitrogen functional groups attached to an aromatic ring is 1. The minimum Gasteiger partial charge on any atom is -0.383 e. The average Bonchev–Trinajstić information content (AvgIpc) is 2.33. The Morgan fingerprint density at radius 1 is 1.15 bits per heavy atom. The summed E-state index contributed by atoms with van der Waals surface area (Å²) in [6.45, 7) is 12.4. The van der Waals surface area contributed by atoms with E-state index in [4.69, 9.17) is 10.7 Å². The molecule has 0 amide bonds. The van der Waals surface area contributed by atoms with Crippen LogP contribution in [-0.2, 0) is 0 Å². The van der Waals surface area contributed by atoms with E-state index < -0.39 is 0 Å². The van der Waals surface area contributed by atoms with Gasteiger partial charge in [0.2, 0.25) is 0 Å². The molecule has 1 aromatic rings. The Balaban J connectivity index is 3.20. The number of aromatic nitrogens is 2. The molecule has 0 aliphatic heterocycles. The fourth-order valence-electron chi connectivity index (χ4n) is 2.37. The molecular weight excluding hydrogens is 250 g/mol. The van der Waals surface area contributed by atoms with Crippen molar-refractivity contribution in [2.45, 2.75) is 46.6 Å². The topological polar surface area (TPSA) is 58.3 Å². The van der Waals surface area contributed by atoms with Gasteiger partial charge in [0.25, 0.3) is 0 Å². The largest absolute Gasteiger partial charge is 0.383 e. The molecule has 1 unspecified atom stereocenters. The zero-order chi connectivity index (χ0) is 15.4. The number of anilines is 2. The highest BCUT2D eigenvalue weighted by Crippen LogP contribution is 2.25. The van der Waals surface area contributed by atoms with Crippen molar-refractivity contribution in [1.29, 1.82) is 0 Å². The summed E-state index contributed by atoms with van der Waals surface area (Å²) in [6.07, 6.45) is 0. The maximum absolute atomic E-state index is 6.06. The van der Waals surface area contributed by atoms with E-state index in [0.29, 0.717) is 11.9 Å². The Kier molecular flexibility index (Phi) is 5.74. The van der Waals surface area contributed by atoms with Crippen LogP contribution >= 0.6 is 0 Å². The van der Waals surface area contributed by atoms with Crippen LogP contribution in [0.25, 0.3) is 0 Å². The Hall–Kier alpha value is -1.36. The zero-order valence-corrected chi connectivity index (χ0v) is 13.9. The molecule has 1 rings (SSSR count). The molecule has 2 N–H and O–H groups in total. The molecule has 0 aromatic carbocycles. The first kappa shape index (κ1) is 16.7. The van der Waals surface area contributed by atoms with Gasteiger partial charge in [0.05, 0.1) is 0 Å². The van der Waals surface area contributed by atoms with Crippen molar-refractivity contribution in [3.63, 3.8) is 0 Å². The van der Waals surface area contributed by atoms with E-state index in [9.17, 15) is 0 Å². The van der Waals surface area contributed by atoms with Gasteiger partial charge in [-0.1, -0.05) is 13.8 Å². The van der Waals surface area contributed by atoms with Crippen molar-refractivity contribution in [1.82, 2.24) is 14.9 Å². The molecular formula is C15H29N5. The lowest BCUT2D eigenvalue weighted by Gasteiger charge is -2.32. The molecule has 0 aliphatic rings. The predicted octanol–water partition coefficient (Wildman–Crippen LogP) is 2.27. The lowest BCUT2D eigenvalue weighted by molar-refractivity contribution is 0.372. The van der Waals surface area contributed by atoms with Crippen molar-refractivity contribution < 1.29 is 0 Å². The second kappa shape index (κ2) is 6.88. The van der Waals surface area contributed by atoms with Crippen LogP contribution in [0.15, 0.2) is 0 Å². The van der Waals surface area contributed by atoms with Crippen molar-refractivity contribution in [2.75, 3.05) is 37.8 Å². The number of nitrogens with two attached hydrogens (primary N) is 1. The van der Waals surface area contributed by atoms with Gasteiger partial charge in [0, 0.05) is 30.6 Å². The van der Waals surface area contributed by atoms with Gasteiger partial charge < -0.3 is 15.5 Å². The summed E-state index contributed by atoms with van der Waals surface area (Å²) in [5, 5.41) is 0. The fourth-order valence-corrected chi connectivity index (χ4v) is 2.37. The van der Waals surface area contributed by atoms with Crippen LogP contribution in [0, 0.1) is 6.92 Å². The molecule has 0 fully saturated rings. The number of likely N-dealkylation sites (N-methyl/N-ethyl adjacent to an activating group) is 2. The molecule has 0 aliphatic carbocycles.